The summed E-state index contributed by atoms with van der Waals surface area (Å²) in [5, 5.41) is 9.85. The van der Waals surface area contributed by atoms with Crippen molar-refractivity contribution in [3.8, 4) is 0 Å². The summed E-state index contributed by atoms with van der Waals surface area (Å²) in [4.78, 5) is 2.39. The molecular weight excluding hydrogens is 292 g/mol. The molecule has 0 spiro atoms. The van der Waals surface area contributed by atoms with Gasteiger partial charge in [-0.05, 0) is 12.8 Å². The van der Waals surface area contributed by atoms with Crippen LogP contribution in [0.3, 0.4) is 0 Å². The molecule has 8 N–H and O–H groups in total. The quantitative estimate of drug-likeness (QED) is 0.222. The van der Waals surface area contributed by atoms with Crippen molar-refractivity contribution >= 4 is 16.4 Å². The molecule has 2 aliphatic rings. The highest BCUT2D eigenvalue weighted by molar-refractivity contribution is 7.79. The van der Waals surface area contributed by atoms with Crippen LogP contribution in [0.15, 0.2) is 0 Å². The van der Waals surface area contributed by atoms with Gasteiger partial charge in [0.25, 0.3) is 0 Å². The number of nitrogens with zero attached hydrogens (tertiary/aromatic N) is 1. The maximum atomic E-state index is 8.74. The molecule has 2 aliphatic heterocycles. The zero-order valence-corrected chi connectivity index (χ0v) is 11.8. The largest absolute Gasteiger partial charge is 0.412 e. The average Bonchev–Trinajstić information content (AvgIpc) is 2.55. The van der Waals surface area contributed by atoms with E-state index < -0.39 is 10.4 Å². The molecule has 0 aromatic heterocycles. The van der Waals surface area contributed by atoms with Crippen LogP contribution in [0.4, 0.5) is 0 Å². The van der Waals surface area contributed by atoms with Crippen LogP contribution in [-0.2, 0) is 15.1 Å². The minimum atomic E-state index is -4.67. The molecule has 2 saturated heterocycles. The molecule has 120 valence electrons. The van der Waals surface area contributed by atoms with E-state index >= 15 is 0 Å². The minimum absolute atomic E-state index is 0. The third kappa shape index (κ3) is 9.01. The zero-order valence-electron chi connectivity index (χ0n) is 10.9. The fraction of sp³-hybridized carbons (Fsp3) is 0.889. The summed E-state index contributed by atoms with van der Waals surface area (Å²) in [7, 11) is -4.67. The van der Waals surface area contributed by atoms with E-state index in [0.717, 1.165) is 26.2 Å². The lowest BCUT2D eigenvalue weighted by Crippen LogP contribution is -2.46. The lowest BCUT2D eigenvalue weighted by Gasteiger charge is -2.31. The van der Waals surface area contributed by atoms with E-state index in [1.807, 2.05) is 0 Å². The average molecular weight is 314 g/mol. The molecule has 0 aromatic rings. The summed E-state index contributed by atoms with van der Waals surface area (Å²) in [6.45, 7) is 3.79. The summed E-state index contributed by atoms with van der Waals surface area (Å²) in [6.07, 6.45) is 3.32. The topological polar surface area (TPSA) is 180 Å². The first-order chi connectivity index (χ1) is 8.74. The molecule has 20 heavy (non-hydrogen) atoms. The first kappa shape index (κ1) is 19.0. The maximum Gasteiger partial charge on any atom is 0.394 e. The Morgan fingerprint density at radius 3 is 2.20 bits per heavy atom. The lowest BCUT2D eigenvalue weighted by atomic mass is 10.2. The van der Waals surface area contributed by atoms with Crippen LogP contribution in [0.2, 0.25) is 0 Å². The van der Waals surface area contributed by atoms with Crippen molar-refractivity contribution < 1.29 is 27.7 Å². The Kier molecular flexibility index (Phi) is 7.93. The predicted octanol–water partition coefficient (Wildman–Crippen LogP) is -2.14. The van der Waals surface area contributed by atoms with Gasteiger partial charge < -0.3 is 21.3 Å². The predicted molar refractivity (Wildman–Crippen MR) is 72.0 cm³/mol. The first-order valence-electron chi connectivity index (χ1n) is 5.89. The van der Waals surface area contributed by atoms with Crippen LogP contribution in [0, 0.1) is 5.41 Å². The molecule has 2 bridgehead atoms. The van der Waals surface area contributed by atoms with Crippen molar-refractivity contribution in [1.29, 1.82) is 5.41 Å². The van der Waals surface area contributed by atoms with E-state index in [2.05, 4.69) is 10.2 Å². The highest BCUT2D eigenvalue weighted by atomic mass is 32.3. The van der Waals surface area contributed by atoms with Crippen LogP contribution in [0.1, 0.15) is 12.8 Å². The summed E-state index contributed by atoms with van der Waals surface area (Å²) >= 11 is 0. The van der Waals surface area contributed by atoms with Crippen molar-refractivity contribution in [1.82, 2.24) is 10.2 Å². The Hall–Kier alpha value is -0.980. The Labute approximate surface area is 117 Å². The highest BCUT2D eigenvalue weighted by Gasteiger charge is 2.33. The maximum absolute atomic E-state index is 8.74. The molecule has 2 unspecified atom stereocenters. The van der Waals surface area contributed by atoms with E-state index in [0.29, 0.717) is 12.2 Å². The number of fused-ring (bicyclic) bond motifs is 2. The molecule has 0 radical (unpaired) electrons. The number of morpholine rings is 1. The molecule has 2 rings (SSSR count). The molecule has 0 amide bonds. The number of likely N-dealkylation sites (tertiary alicyclic amines) is 1. The highest BCUT2D eigenvalue weighted by Crippen LogP contribution is 2.25. The van der Waals surface area contributed by atoms with Gasteiger partial charge in [-0.3, -0.25) is 19.4 Å². The number of hydrogen-bond acceptors (Lipinski definition) is 5. The number of hydrogen-bond donors (Lipinski definition) is 5. The van der Waals surface area contributed by atoms with Crippen LogP contribution < -0.4 is 11.1 Å². The Balaban J connectivity index is 0.000000526. The van der Waals surface area contributed by atoms with E-state index in [4.69, 9.17) is 33.4 Å². The number of ether oxygens (including phenoxy) is 1. The van der Waals surface area contributed by atoms with Gasteiger partial charge in [0.15, 0.2) is 5.96 Å². The second kappa shape index (κ2) is 8.34. The van der Waals surface area contributed by atoms with Gasteiger partial charge in [0.1, 0.15) is 0 Å². The van der Waals surface area contributed by atoms with E-state index in [9.17, 15) is 0 Å². The van der Waals surface area contributed by atoms with Gasteiger partial charge in [-0.1, -0.05) is 0 Å². The zero-order chi connectivity index (χ0) is 14.5. The molecule has 11 heteroatoms. The molecule has 2 fully saturated rings. The molecule has 2 atom stereocenters. The summed E-state index contributed by atoms with van der Waals surface area (Å²) < 4.78 is 37.3. The van der Waals surface area contributed by atoms with Gasteiger partial charge in [-0.25, -0.2) is 0 Å². The van der Waals surface area contributed by atoms with Crippen LogP contribution in [0.5, 0.6) is 0 Å². The second-order valence-electron chi connectivity index (χ2n) is 4.51. The van der Waals surface area contributed by atoms with Crippen molar-refractivity contribution in [2.24, 2.45) is 5.73 Å². The number of nitrogens with one attached hydrogen (secondary N) is 2. The molecule has 0 saturated carbocycles. The minimum Gasteiger partial charge on any atom is -0.412 e. The van der Waals surface area contributed by atoms with Crippen LogP contribution in [-0.4, -0.2) is 72.2 Å². The van der Waals surface area contributed by atoms with Gasteiger partial charge >= 0.3 is 10.4 Å². The Morgan fingerprint density at radius 2 is 1.80 bits per heavy atom. The van der Waals surface area contributed by atoms with Gasteiger partial charge in [-0.15, -0.1) is 0 Å². The summed E-state index contributed by atoms with van der Waals surface area (Å²) in [5.41, 5.74) is 5.20. The smallest absolute Gasteiger partial charge is 0.394 e. The standard InChI is InChI=1S/C9H18N4O.H2O4S.H2O/c10-9(11)12-3-4-13-5-7-1-2-8(6-13)14-7;1-5(2,3)4;/h7-8H,1-6H2,(H4,10,11,12);(H2,1,2,3,4);1H2. The van der Waals surface area contributed by atoms with Crippen molar-refractivity contribution in [2.75, 3.05) is 26.2 Å². The number of nitrogens with two attached hydrogens (primary N) is 1. The van der Waals surface area contributed by atoms with Crippen LogP contribution in [0.25, 0.3) is 0 Å². The van der Waals surface area contributed by atoms with Gasteiger partial charge in [0.05, 0.1) is 12.2 Å². The summed E-state index contributed by atoms with van der Waals surface area (Å²) in [6, 6.07) is 0. The van der Waals surface area contributed by atoms with Gasteiger partial charge in [0.2, 0.25) is 0 Å². The monoisotopic (exact) mass is 314 g/mol. The van der Waals surface area contributed by atoms with Gasteiger partial charge in [-0.2, -0.15) is 8.42 Å². The molecule has 10 nitrogen and oxygen atoms in total. The fourth-order valence-electron chi connectivity index (χ4n) is 2.23. The van der Waals surface area contributed by atoms with Crippen molar-refractivity contribution in [3.63, 3.8) is 0 Å². The fourth-order valence-corrected chi connectivity index (χ4v) is 2.23. The SMILES string of the molecule is N=C(N)NCCN1CC2CCC(C1)O2.O.O=S(=O)(O)O. The molecule has 0 aromatic carbocycles. The van der Waals surface area contributed by atoms with Crippen molar-refractivity contribution in [3.05, 3.63) is 0 Å². The van der Waals surface area contributed by atoms with E-state index in [-0.39, 0.29) is 11.4 Å². The number of guanidine groups is 1. The molecule has 2 heterocycles. The third-order valence-corrected chi connectivity index (χ3v) is 2.86. The second-order valence-corrected chi connectivity index (χ2v) is 5.40. The lowest BCUT2D eigenvalue weighted by molar-refractivity contribution is -0.0373. The van der Waals surface area contributed by atoms with Crippen LogP contribution >= 0.6 is 0 Å². The third-order valence-electron chi connectivity index (χ3n) is 2.86. The Bertz CT molecular complexity index is 383. The number of rotatable bonds is 3. The molecule has 0 aliphatic carbocycles. The normalized spacial score (nSPS) is 25.1. The molecular formula is C9H22N4O6S. The Morgan fingerprint density at radius 1 is 1.35 bits per heavy atom. The van der Waals surface area contributed by atoms with E-state index in [1.54, 1.807) is 0 Å². The summed E-state index contributed by atoms with van der Waals surface area (Å²) in [5.74, 6) is 0.0567. The van der Waals surface area contributed by atoms with Gasteiger partial charge in [0, 0.05) is 26.2 Å². The van der Waals surface area contributed by atoms with E-state index in [1.165, 1.54) is 12.8 Å². The van der Waals surface area contributed by atoms with Crippen molar-refractivity contribution in [2.45, 2.75) is 25.0 Å². The first-order valence-corrected chi connectivity index (χ1v) is 7.29.